The fourth-order valence-electron chi connectivity index (χ4n) is 2.15. The Morgan fingerprint density at radius 2 is 2.12 bits per heavy atom. The molecule has 1 aliphatic rings. The summed E-state index contributed by atoms with van der Waals surface area (Å²) in [7, 11) is 0. The number of nitrogens with zero attached hydrogens (tertiary/aromatic N) is 2. The molecule has 1 saturated heterocycles. The molecule has 0 aromatic carbocycles. The standard InChI is InChI=1S/C13H23N3S/c1-2-3-4-5-6-12-11-17-13(15-12)16-9-7-14-8-10-16/h11,14H,2-10H2,1H3. The topological polar surface area (TPSA) is 28.2 Å². The van der Waals surface area contributed by atoms with Gasteiger partial charge in [0.2, 0.25) is 0 Å². The molecule has 0 atom stereocenters. The minimum Gasteiger partial charge on any atom is -0.346 e. The summed E-state index contributed by atoms with van der Waals surface area (Å²) in [5, 5.41) is 6.83. The molecule has 0 unspecified atom stereocenters. The van der Waals surface area contributed by atoms with Crippen molar-refractivity contribution in [2.24, 2.45) is 0 Å². The van der Waals surface area contributed by atoms with Crippen LogP contribution in [0.5, 0.6) is 0 Å². The molecule has 3 nitrogen and oxygen atoms in total. The smallest absolute Gasteiger partial charge is 0.185 e. The van der Waals surface area contributed by atoms with Crippen LogP contribution in [0.2, 0.25) is 0 Å². The summed E-state index contributed by atoms with van der Waals surface area (Å²) in [6.07, 6.45) is 6.45. The van der Waals surface area contributed by atoms with Crippen LogP contribution in [0.3, 0.4) is 0 Å². The van der Waals surface area contributed by atoms with Crippen LogP contribution < -0.4 is 10.2 Å². The third-order valence-electron chi connectivity index (χ3n) is 3.21. The Kier molecular flexibility index (Phi) is 5.26. The molecule has 1 fully saturated rings. The number of rotatable bonds is 6. The average Bonchev–Trinajstić information content (AvgIpc) is 2.85. The van der Waals surface area contributed by atoms with Crippen molar-refractivity contribution in [2.45, 2.75) is 39.0 Å². The van der Waals surface area contributed by atoms with E-state index in [1.54, 1.807) is 11.3 Å². The van der Waals surface area contributed by atoms with Gasteiger partial charge in [-0.25, -0.2) is 4.98 Å². The van der Waals surface area contributed by atoms with Crippen molar-refractivity contribution in [1.82, 2.24) is 10.3 Å². The molecule has 0 amide bonds. The predicted octanol–water partition coefficient (Wildman–Crippen LogP) is 2.68. The first-order valence-corrected chi connectivity index (χ1v) is 7.68. The lowest BCUT2D eigenvalue weighted by Gasteiger charge is -2.26. The fraction of sp³-hybridized carbons (Fsp3) is 0.769. The van der Waals surface area contributed by atoms with Crippen LogP contribution in [0.15, 0.2) is 5.38 Å². The summed E-state index contributed by atoms with van der Waals surface area (Å²) in [5.41, 5.74) is 1.29. The summed E-state index contributed by atoms with van der Waals surface area (Å²) in [4.78, 5) is 7.15. The maximum atomic E-state index is 4.75. The van der Waals surface area contributed by atoms with Crippen LogP contribution in [0.25, 0.3) is 0 Å². The molecule has 0 bridgehead atoms. The fourth-order valence-corrected chi connectivity index (χ4v) is 3.06. The lowest BCUT2D eigenvalue weighted by Crippen LogP contribution is -2.43. The Bertz CT molecular complexity index is 318. The second kappa shape index (κ2) is 6.97. The highest BCUT2D eigenvalue weighted by Gasteiger charge is 2.13. The minimum atomic E-state index is 1.09. The molecule has 2 rings (SSSR count). The predicted molar refractivity (Wildman–Crippen MR) is 75.0 cm³/mol. The molecule has 96 valence electrons. The number of thiazole rings is 1. The Hall–Kier alpha value is -0.610. The molecule has 1 aromatic rings. The number of nitrogens with one attached hydrogen (secondary N) is 1. The summed E-state index contributed by atoms with van der Waals surface area (Å²) < 4.78 is 0. The van der Waals surface area contributed by atoms with Gasteiger partial charge in [-0.2, -0.15) is 0 Å². The second-order valence-corrected chi connectivity index (χ2v) is 5.51. The summed E-state index contributed by atoms with van der Waals surface area (Å²) >= 11 is 1.81. The lowest BCUT2D eigenvalue weighted by molar-refractivity contribution is 0.587. The molecule has 17 heavy (non-hydrogen) atoms. The third kappa shape index (κ3) is 3.96. The number of hydrogen-bond acceptors (Lipinski definition) is 4. The van der Waals surface area contributed by atoms with Gasteiger partial charge in [-0.1, -0.05) is 26.2 Å². The molecule has 2 heterocycles. The van der Waals surface area contributed by atoms with Gasteiger partial charge in [0.25, 0.3) is 0 Å². The van der Waals surface area contributed by atoms with Crippen molar-refractivity contribution in [1.29, 1.82) is 0 Å². The van der Waals surface area contributed by atoms with Crippen molar-refractivity contribution in [3.05, 3.63) is 11.1 Å². The zero-order valence-electron chi connectivity index (χ0n) is 10.7. The highest BCUT2D eigenvalue weighted by Crippen LogP contribution is 2.21. The summed E-state index contributed by atoms with van der Waals surface area (Å²) in [6, 6.07) is 0. The van der Waals surface area contributed by atoms with E-state index in [1.165, 1.54) is 36.5 Å². The van der Waals surface area contributed by atoms with Crippen LogP contribution in [-0.2, 0) is 6.42 Å². The molecule has 4 heteroatoms. The lowest BCUT2D eigenvalue weighted by atomic mass is 10.1. The third-order valence-corrected chi connectivity index (χ3v) is 4.16. The van der Waals surface area contributed by atoms with Gasteiger partial charge in [0.05, 0.1) is 5.69 Å². The van der Waals surface area contributed by atoms with Gasteiger partial charge >= 0.3 is 0 Å². The first-order chi connectivity index (χ1) is 8.40. The van der Waals surface area contributed by atoms with Crippen molar-refractivity contribution in [3.63, 3.8) is 0 Å². The first kappa shape index (κ1) is 12.8. The molecule has 1 N–H and O–H groups in total. The van der Waals surface area contributed by atoms with Gasteiger partial charge in [0, 0.05) is 31.6 Å². The molecule has 1 aliphatic heterocycles. The summed E-state index contributed by atoms with van der Waals surface area (Å²) in [6.45, 7) is 6.63. The maximum absolute atomic E-state index is 4.75. The van der Waals surface area contributed by atoms with Gasteiger partial charge in [0.1, 0.15) is 0 Å². The van der Waals surface area contributed by atoms with Crippen LogP contribution in [0.1, 0.15) is 38.3 Å². The van der Waals surface area contributed by atoms with Crippen LogP contribution in [0.4, 0.5) is 5.13 Å². The van der Waals surface area contributed by atoms with E-state index in [0.717, 1.165) is 32.6 Å². The molecule has 0 radical (unpaired) electrons. The molecule has 0 spiro atoms. The van der Waals surface area contributed by atoms with Gasteiger partial charge in [-0.3, -0.25) is 0 Å². The van der Waals surface area contributed by atoms with Gasteiger partial charge < -0.3 is 10.2 Å². The van der Waals surface area contributed by atoms with Crippen molar-refractivity contribution < 1.29 is 0 Å². The number of hydrogen-bond donors (Lipinski definition) is 1. The van der Waals surface area contributed by atoms with Crippen LogP contribution in [0, 0.1) is 0 Å². The van der Waals surface area contributed by atoms with E-state index in [4.69, 9.17) is 4.98 Å². The van der Waals surface area contributed by atoms with E-state index in [1.807, 2.05) is 0 Å². The SMILES string of the molecule is CCCCCCc1csc(N2CCNCC2)n1. The minimum absolute atomic E-state index is 1.09. The molecule has 0 aliphatic carbocycles. The van der Waals surface area contributed by atoms with Gasteiger partial charge in [0.15, 0.2) is 5.13 Å². The Morgan fingerprint density at radius 3 is 2.88 bits per heavy atom. The van der Waals surface area contributed by atoms with Crippen LogP contribution >= 0.6 is 11.3 Å². The number of piperazine rings is 1. The van der Waals surface area contributed by atoms with Gasteiger partial charge in [-0.05, 0) is 12.8 Å². The highest BCUT2D eigenvalue weighted by atomic mass is 32.1. The monoisotopic (exact) mass is 253 g/mol. The van der Waals surface area contributed by atoms with Crippen LogP contribution in [-0.4, -0.2) is 31.2 Å². The largest absolute Gasteiger partial charge is 0.346 e. The zero-order valence-corrected chi connectivity index (χ0v) is 11.6. The number of aromatic nitrogens is 1. The van der Waals surface area contributed by atoms with Crippen molar-refractivity contribution >= 4 is 16.5 Å². The van der Waals surface area contributed by atoms with Crippen molar-refractivity contribution in [3.8, 4) is 0 Å². The van der Waals surface area contributed by atoms with E-state index in [0.29, 0.717) is 0 Å². The molecule has 1 aromatic heterocycles. The average molecular weight is 253 g/mol. The summed E-state index contributed by atoms with van der Waals surface area (Å²) in [5.74, 6) is 0. The van der Waals surface area contributed by atoms with E-state index < -0.39 is 0 Å². The zero-order chi connectivity index (χ0) is 11.9. The van der Waals surface area contributed by atoms with Gasteiger partial charge in [-0.15, -0.1) is 11.3 Å². The van der Waals surface area contributed by atoms with E-state index in [2.05, 4.69) is 22.5 Å². The Labute approximate surface area is 108 Å². The maximum Gasteiger partial charge on any atom is 0.185 e. The van der Waals surface area contributed by atoms with Crippen molar-refractivity contribution in [2.75, 3.05) is 31.1 Å². The second-order valence-electron chi connectivity index (χ2n) is 4.67. The van der Waals surface area contributed by atoms with E-state index in [9.17, 15) is 0 Å². The quantitative estimate of drug-likeness (QED) is 0.790. The number of anilines is 1. The first-order valence-electron chi connectivity index (χ1n) is 6.80. The number of unbranched alkanes of at least 4 members (excludes halogenated alkanes) is 3. The molecule has 0 saturated carbocycles. The molecular weight excluding hydrogens is 230 g/mol. The Morgan fingerprint density at radius 1 is 1.29 bits per heavy atom. The van der Waals surface area contributed by atoms with E-state index in [-0.39, 0.29) is 0 Å². The normalized spacial score (nSPS) is 16.4. The molecular formula is C13H23N3S. The number of aryl methyl sites for hydroxylation is 1. The van der Waals surface area contributed by atoms with E-state index >= 15 is 0 Å². The highest BCUT2D eigenvalue weighted by molar-refractivity contribution is 7.13. The Balaban J connectivity index is 1.78.